The number of furan rings is 1. The van der Waals surface area contributed by atoms with Gasteiger partial charge in [0.1, 0.15) is 28.1 Å². The second kappa shape index (κ2) is 32.7. The second-order valence-electron chi connectivity index (χ2n) is 34.0. The van der Waals surface area contributed by atoms with Crippen LogP contribution >= 0.6 is 0 Å². The molecule has 18 aromatic carbocycles. The Morgan fingerprint density at radius 3 is 0.868 bits per heavy atom. The molecule has 10 aromatic heterocycles. The molecule has 15 nitrogen and oxygen atoms in total. The molecule has 15 heteroatoms. The topological polar surface area (TPSA) is 168 Å². The molecular weight excluding hydrogens is 1670 g/mol. The lowest BCUT2D eigenvalue weighted by atomic mass is 9.95. The van der Waals surface area contributed by atoms with Gasteiger partial charge in [-0.1, -0.05) is 340 Å². The van der Waals surface area contributed by atoms with Gasteiger partial charge in [-0.2, -0.15) is 0 Å². The summed E-state index contributed by atoms with van der Waals surface area (Å²) in [6.07, 6.45) is 6.28. The third kappa shape index (κ3) is 13.8. The van der Waals surface area contributed by atoms with E-state index in [1.54, 1.807) is 0 Å². The van der Waals surface area contributed by atoms with Crippen molar-refractivity contribution in [1.29, 1.82) is 0 Å². The van der Waals surface area contributed by atoms with E-state index in [4.69, 9.17) is 59.2 Å². The van der Waals surface area contributed by atoms with Crippen LogP contribution < -0.4 is 0 Å². The Hall–Kier alpha value is -18.7. The van der Waals surface area contributed by atoms with Crippen molar-refractivity contribution in [2.24, 2.45) is 0 Å². The quantitative estimate of drug-likeness (QED) is 0.113. The van der Waals surface area contributed by atoms with Crippen LogP contribution in [0.4, 0.5) is 0 Å². The van der Waals surface area contributed by atoms with E-state index in [-0.39, 0.29) is 0 Å². The van der Waals surface area contributed by atoms with Gasteiger partial charge < -0.3 is 4.42 Å². The molecular formula is C121H74N14O. The van der Waals surface area contributed by atoms with E-state index in [1.165, 1.54) is 32.3 Å². The van der Waals surface area contributed by atoms with Crippen molar-refractivity contribution in [3.05, 3.63) is 449 Å². The smallest absolute Gasteiger partial charge is 0.164 e. The van der Waals surface area contributed by atoms with Crippen molar-refractivity contribution in [3.63, 3.8) is 0 Å². The first kappa shape index (κ1) is 78.3. The van der Waals surface area contributed by atoms with Crippen LogP contribution in [-0.2, 0) is 0 Å². The molecule has 0 unspecified atom stereocenters. The minimum atomic E-state index is 0.642. The fourth-order valence-electron chi connectivity index (χ4n) is 19.4. The number of benzene rings is 18. The van der Waals surface area contributed by atoms with E-state index in [2.05, 4.69) is 281 Å². The molecule has 0 aliphatic carbocycles. The molecule has 0 aliphatic rings. The number of hydrogen-bond donors (Lipinski definition) is 0. The Balaban J connectivity index is 0.000000106. The molecule has 0 saturated carbocycles. The molecule has 28 rings (SSSR count). The zero-order valence-corrected chi connectivity index (χ0v) is 72.9. The number of rotatable bonds is 11. The molecule has 0 bridgehead atoms. The van der Waals surface area contributed by atoms with Crippen LogP contribution in [0, 0.1) is 0 Å². The van der Waals surface area contributed by atoms with Gasteiger partial charge >= 0.3 is 0 Å². The number of imidazole rings is 3. The maximum Gasteiger partial charge on any atom is 0.164 e. The van der Waals surface area contributed by atoms with Crippen LogP contribution in [0.3, 0.4) is 0 Å². The molecule has 0 radical (unpaired) electrons. The van der Waals surface area contributed by atoms with Crippen LogP contribution in [-0.4, -0.2) is 68.0 Å². The highest BCUT2D eigenvalue weighted by Crippen LogP contribution is 2.44. The molecule has 0 spiro atoms. The molecule has 10 heterocycles. The maximum atomic E-state index is 6.12. The van der Waals surface area contributed by atoms with Crippen molar-refractivity contribution < 1.29 is 4.42 Å². The van der Waals surface area contributed by atoms with Crippen molar-refractivity contribution in [3.8, 4) is 124 Å². The number of hydrogen-bond acceptors (Lipinski definition) is 12. The average Bonchev–Trinajstić information content (AvgIpc) is 1.68. The number of fused-ring (bicyclic) bond motifs is 27. The lowest BCUT2D eigenvalue weighted by Crippen LogP contribution is -2.00. The van der Waals surface area contributed by atoms with E-state index < -0.39 is 0 Å². The largest absolute Gasteiger partial charge is 0.456 e. The van der Waals surface area contributed by atoms with Gasteiger partial charge in [-0.05, 0) is 146 Å². The molecule has 0 saturated heterocycles. The van der Waals surface area contributed by atoms with Crippen LogP contribution in [0.15, 0.2) is 454 Å². The summed E-state index contributed by atoms with van der Waals surface area (Å²) < 4.78 is 12.7. The highest BCUT2D eigenvalue weighted by Gasteiger charge is 2.24. The van der Waals surface area contributed by atoms with Gasteiger partial charge in [0.05, 0.1) is 44.5 Å². The predicted molar refractivity (Wildman–Crippen MR) is 553 cm³/mol. The zero-order valence-electron chi connectivity index (χ0n) is 72.9. The fourth-order valence-corrected chi connectivity index (χ4v) is 19.4. The normalized spacial score (nSPS) is 11.7. The van der Waals surface area contributed by atoms with Crippen LogP contribution in [0.1, 0.15) is 0 Å². The monoisotopic (exact) mass is 1740 g/mol. The summed E-state index contributed by atoms with van der Waals surface area (Å²) >= 11 is 0. The van der Waals surface area contributed by atoms with Crippen molar-refractivity contribution in [1.82, 2.24) is 68.0 Å². The van der Waals surface area contributed by atoms with Gasteiger partial charge in [-0.25, -0.2) is 54.8 Å². The molecule has 0 N–H and O–H groups in total. The van der Waals surface area contributed by atoms with Gasteiger partial charge in [0.15, 0.2) is 40.8 Å². The molecule has 0 fully saturated rings. The SMILES string of the molecule is c1ccc(-c2cc(-c3ccc4oc5ccccc5c4c3)nc(-c3ccc4c(c3)c3ccccc3c3nc5ccccn5c43)n2)cc1.c1ccc(-c2nc(-c3ccccc3)nc(-c3ccc(-c4ccc5c(c4)c4ccccc4c4nc6ccccn6c54)cc3)n2)cc1.c1ccc(-c2nc(-c3ccccc3)nc(-c3cccc(-c4ccc5c(c4)c4ccccc4c4nc6ccccn6c54)c3)n2)cc1. The minimum Gasteiger partial charge on any atom is -0.456 e. The molecule has 28 aromatic rings. The second-order valence-corrected chi connectivity index (χ2v) is 34.0. The molecule has 0 amide bonds. The molecule has 136 heavy (non-hydrogen) atoms. The van der Waals surface area contributed by atoms with E-state index in [0.717, 1.165) is 188 Å². The Morgan fingerprint density at radius 1 is 0.147 bits per heavy atom. The first-order valence-electron chi connectivity index (χ1n) is 45.3. The van der Waals surface area contributed by atoms with E-state index >= 15 is 0 Å². The number of nitrogens with zero attached hydrogens (tertiary/aromatic N) is 14. The number of pyridine rings is 3. The van der Waals surface area contributed by atoms with Gasteiger partial charge in [-0.3, -0.25) is 13.2 Å². The van der Waals surface area contributed by atoms with Crippen LogP contribution in [0.5, 0.6) is 0 Å². The Kier molecular flexibility index (Phi) is 18.8. The Bertz CT molecular complexity index is 9510. The van der Waals surface area contributed by atoms with Gasteiger partial charge in [0.2, 0.25) is 0 Å². The first-order chi connectivity index (χ1) is 67.4. The number of aromatic nitrogens is 14. The summed E-state index contributed by atoms with van der Waals surface area (Å²) in [4.78, 5) is 54.8. The summed E-state index contributed by atoms with van der Waals surface area (Å²) in [7, 11) is 0. The standard InChI is InChI=1S/C41H24N4O.2C40H25N5/c1-2-10-25(11-3-1)34-24-35(26-18-20-37-33(22-26)29-13-6-7-15-36(29)46-37)43-41(42-34)27-17-19-31-32(23-27)28-12-4-5-14-30(28)39-40(31)45-21-9-8-16-38(45)44-39;1-3-12-26(13-4-1)38-42-39(27-14-5-2-6-15-27)44-40(43-38)30-17-11-16-28(24-30)29-21-22-33-34(25-29)31-18-7-8-19-32(31)36-37(33)45-23-10-9-20-35(45)41-36;1-3-11-27(12-4-1)38-42-39(28-13-5-2-6-14-28)44-40(43-38)29-20-18-26(19-21-29)30-22-23-33-34(25-30)31-15-7-8-16-32(31)36-37(33)45-24-10-9-17-35(45)41-36/h1-24H;2*1-25H. The van der Waals surface area contributed by atoms with Crippen molar-refractivity contribution in [2.45, 2.75) is 0 Å². The highest BCUT2D eigenvalue weighted by molar-refractivity contribution is 6.27. The third-order valence-electron chi connectivity index (χ3n) is 25.9. The van der Waals surface area contributed by atoms with Crippen LogP contribution in [0.25, 0.3) is 261 Å². The minimum absolute atomic E-state index is 0.642. The van der Waals surface area contributed by atoms with E-state index in [9.17, 15) is 0 Å². The lowest BCUT2D eigenvalue weighted by molar-refractivity contribution is 0.669. The first-order valence-corrected chi connectivity index (χ1v) is 45.3. The number of para-hydroxylation sites is 1. The summed E-state index contributed by atoms with van der Waals surface area (Å²) in [5, 5.41) is 16.2. The molecule has 0 atom stereocenters. The van der Waals surface area contributed by atoms with Gasteiger partial charge in [0, 0.05) is 112 Å². The fraction of sp³-hybridized carbons (Fsp3) is 0. The Morgan fingerprint density at radius 2 is 0.426 bits per heavy atom. The third-order valence-corrected chi connectivity index (χ3v) is 25.9. The van der Waals surface area contributed by atoms with E-state index in [0.29, 0.717) is 40.8 Å². The van der Waals surface area contributed by atoms with Crippen LogP contribution in [0.2, 0.25) is 0 Å². The highest BCUT2D eigenvalue weighted by atomic mass is 16.3. The summed E-state index contributed by atoms with van der Waals surface area (Å²) in [5.41, 5.74) is 26.0. The van der Waals surface area contributed by atoms with Gasteiger partial charge in [-0.15, -0.1) is 0 Å². The molecule has 0 aliphatic heterocycles. The van der Waals surface area contributed by atoms with E-state index in [1.807, 2.05) is 182 Å². The summed E-state index contributed by atoms with van der Waals surface area (Å²) in [6, 6.07) is 148. The average molecular weight is 1740 g/mol. The lowest BCUT2D eigenvalue weighted by Gasteiger charge is -2.12. The molecule has 634 valence electrons. The summed E-state index contributed by atoms with van der Waals surface area (Å²) in [5.74, 6) is 4.58. The predicted octanol–water partition coefficient (Wildman–Crippen LogP) is 29.8. The van der Waals surface area contributed by atoms with Crippen molar-refractivity contribution in [2.75, 3.05) is 0 Å². The maximum absolute atomic E-state index is 6.12. The summed E-state index contributed by atoms with van der Waals surface area (Å²) in [6.45, 7) is 0. The zero-order chi connectivity index (χ0) is 89.7. The Labute approximate surface area is 777 Å². The van der Waals surface area contributed by atoms with Crippen molar-refractivity contribution >= 4 is 137 Å². The van der Waals surface area contributed by atoms with Gasteiger partial charge in [0.25, 0.3) is 0 Å².